The SMILES string of the molecule is CCC(=O)N1CCC(NC(=NC)NCc2ccc(N3CCCC3)nc2)C1. The number of hydrogen-bond donors (Lipinski definition) is 2. The molecule has 7 nitrogen and oxygen atoms in total. The number of hydrogen-bond acceptors (Lipinski definition) is 4. The van der Waals surface area contributed by atoms with E-state index < -0.39 is 0 Å². The lowest BCUT2D eigenvalue weighted by atomic mass is 10.2. The van der Waals surface area contributed by atoms with E-state index in [-0.39, 0.29) is 11.9 Å². The summed E-state index contributed by atoms with van der Waals surface area (Å²) in [6, 6.07) is 4.48. The first-order valence-corrected chi connectivity index (χ1v) is 9.64. The van der Waals surface area contributed by atoms with Gasteiger partial charge in [0.15, 0.2) is 5.96 Å². The molecule has 3 rings (SSSR count). The second kappa shape index (κ2) is 8.87. The van der Waals surface area contributed by atoms with E-state index in [4.69, 9.17) is 0 Å². The Morgan fingerprint density at radius 1 is 1.31 bits per heavy atom. The zero-order valence-electron chi connectivity index (χ0n) is 15.9. The number of nitrogens with zero attached hydrogens (tertiary/aromatic N) is 4. The number of guanidine groups is 1. The van der Waals surface area contributed by atoms with Gasteiger partial charge in [-0.3, -0.25) is 9.79 Å². The highest BCUT2D eigenvalue weighted by atomic mass is 16.2. The molecule has 1 unspecified atom stereocenters. The van der Waals surface area contributed by atoms with Gasteiger partial charge in [0, 0.05) is 58.4 Å². The van der Waals surface area contributed by atoms with Crippen molar-refractivity contribution in [1.29, 1.82) is 0 Å². The normalized spacial score (nSPS) is 20.5. The number of nitrogens with one attached hydrogen (secondary N) is 2. The summed E-state index contributed by atoms with van der Waals surface area (Å²) in [4.78, 5) is 24.9. The zero-order valence-corrected chi connectivity index (χ0v) is 15.9. The molecule has 1 aromatic heterocycles. The van der Waals surface area contributed by atoms with Crippen molar-refractivity contribution in [2.75, 3.05) is 38.1 Å². The Hall–Kier alpha value is -2.31. The second-order valence-corrected chi connectivity index (χ2v) is 6.97. The predicted molar refractivity (Wildman–Crippen MR) is 104 cm³/mol. The third-order valence-corrected chi connectivity index (χ3v) is 5.11. The third kappa shape index (κ3) is 4.65. The fourth-order valence-electron chi connectivity index (χ4n) is 3.56. The minimum absolute atomic E-state index is 0.224. The van der Waals surface area contributed by atoms with Crippen LogP contribution in [0.2, 0.25) is 0 Å². The molecule has 0 aromatic carbocycles. The number of pyridine rings is 1. The van der Waals surface area contributed by atoms with Crippen LogP contribution >= 0.6 is 0 Å². The molecule has 2 aliphatic heterocycles. The van der Waals surface area contributed by atoms with E-state index in [0.29, 0.717) is 13.0 Å². The molecule has 142 valence electrons. The number of carbonyl (C=O) groups excluding carboxylic acids is 1. The van der Waals surface area contributed by atoms with Gasteiger partial charge in [0.1, 0.15) is 5.82 Å². The summed E-state index contributed by atoms with van der Waals surface area (Å²) in [6.07, 6.45) is 5.98. The standard InChI is InChI=1S/C19H30N6O/c1-3-18(26)25-11-8-16(14-25)23-19(20-2)22-13-15-6-7-17(21-12-15)24-9-4-5-10-24/h6-7,12,16H,3-5,8-11,13-14H2,1-2H3,(H2,20,22,23). The molecule has 2 saturated heterocycles. The van der Waals surface area contributed by atoms with Crippen LogP contribution in [0.1, 0.15) is 38.2 Å². The number of rotatable bonds is 5. The molecule has 1 amide bonds. The van der Waals surface area contributed by atoms with Crippen molar-refractivity contribution in [3.05, 3.63) is 23.9 Å². The fraction of sp³-hybridized carbons (Fsp3) is 0.632. The van der Waals surface area contributed by atoms with Gasteiger partial charge < -0.3 is 20.4 Å². The average molecular weight is 358 g/mol. The molecule has 2 aliphatic rings. The Kier molecular flexibility index (Phi) is 6.30. The van der Waals surface area contributed by atoms with Gasteiger partial charge in [0.2, 0.25) is 5.91 Å². The number of amides is 1. The van der Waals surface area contributed by atoms with Gasteiger partial charge >= 0.3 is 0 Å². The van der Waals surface area contributed by atoms with Crippen LogP contribution in [0, 0.1) is 0 Å². The van der Waals surface area contributed by atoms with Crippen LogP contribution in [0.25, 0.3) is 0 Å². The van der Waals surface area contributed by atoms with Crippen molar-refractivity contribution >= 4 is 17.7 Å². The minimum atomic E-state index is 0.224. The summed E-state index contributed by atoms with van der Waals surface area (Å²) in [5.74, 6) is 2.06. The first kappa shape index (κ1) is 18.5. The molecule has 0 bridgehead atoms. The molecule has 2 N–H and O–H groups in total. The number of carbonyl (C=O) groups is 1. The Bertz CT molecular complexity index is 623. The smallest absolute Gasteiger partial charge is 0.222 e. The van der Waals surface area contributed by atoms with E-state index in [1.165, 1.54) is 12.8 Å². The Morgan fingerprint density at radius 3 is 2.77 bits per heavy atom. The topological polar surface area (TPSA) is 72.9 Å². The first-order valence-electron chi connectivity index (χ1n) is 9.64. The molecule has 0 radical (unpaired) electrons. The van der Waals surface area contributed by atoms with E-state index in [1.54, 1.807) is 7.05 Å². The van der Waals surface area contributed by atoms with Crippen LogP contribution in [0.3, 0.4) is 0 Å². The maximum atomic E-state index is 11.8. The molecule has 3 heterocycles. The number of anilines is 1. The van der Waals surface area contributed by atoms with E-state index in [9.17, 15) is 4.79 Å². The van der Waals surface area contributed by atoms with Crippen LogP contribution in [0.15, 0.2) is 23.3 Å². The molecular formula is C19H30N6O. The van der Waals surface area contributed by atoms with Gasteiger partial charge in [-0.25, -0.2) is 4.98 Å². The van der Waals surface area contributed by atoms with E-state index in [2.05, 4.69) is 37.6 Å². The maximum absolute atomic E-state index is 11.8. The molecule has 0 saturated carbocycles. The lowest BCUT2D eigenvalue weighted by Gasteiger charge is -2.19. The number of likely N-dealkylation sites (tertiary alicyclic amines) is 1. The number of aliphatic imine (C=N–C) groups is 1. The molecule has 1 aromatic rings. The van der Waals surface area contributed by atoms with Crippen molar-refractivity contribution < 1.29 is 4.79 Å². The summed E-state index contributed by atoms with van der Waals surface area (Å²) in [5, 5.41) is 6.76. The minimum Gasteiger partial charge on any atom is -0.357 e. The largest absolute Gasteiger partial charge is 0.357 e. The van der Waals surface area contributed by atoms with E-state index in [0.717, 1.165) is 49.9 Å². The van der Waals surface area contributed by atoms with Gasteiger partial charge in [-0.05, 0) is 30.9 Å². The van der Waals surface area contributed by atoms with Gasteiger partial charge in [-0.1, -0.05) is 13.0 Å². The van der Waals surface area contributed by atoms with E-state index >= 15 is 0 Å². The molecule has 0 spiro atoms. The van der Waals surface area contributed by atoms with Crippen LogP contribution in [-0.4, -0.2) is 61.0 Å². The van der Waals surface area contributed by atoms with Crippen molar-refractivity contribution in [3.63, 3.8) is 0 Å². The molecule has 26 heavy (non-hydrogen) atoms. The van der Waals surface area contributed by atoms with Crippen molar-refractivity contribution in [2.24, 2.45) is 4.99 Å². The van der Waals surface area contributed by atoms with Crippen molar-refractivity contribution in [1.82, 2.24) is 20.5 Å². The summed E-state index contributed by atoms with van der Waals surface area (Å²) < 4.78 is 0. The van der Waals surface area contributed by atoms with Crippen LogP contribution in [0.5, 0.6) is 0 Å². The number of aromatic nitrogens is 1. The predicted octanol–water partition coefficient (Wildman–Crippen LogP) is 1.36. The van der Waals surface area contributed by atoms with Gasteiger partial charge in [-0.15, -0.1) is 0 Å². The lowest BCUT2D eigenvalue weighted by Crippen LogP contribution is -2.44. The highest BCUT2D eigenvalue weighted by Gasteiger charge is 2.25. The van der Waals surface area contributed by atoms with Gasteiger partial charge in [-0.2, -0.15) is 0 Å². The monoisotopic (exact) mass is 358 g/mol. The van der Waals surface area contributed by atoms with Crippen molar-refractivity contribution in [2.45, 2.75) is 45.2 Å². The highest BCUT2D eigenvalue weighted by Crippen LogP contribution is 2.17. The Labute approximate surface area is 155 Å². The van der Waals surface area contributed by atoms with E-state index in [1.807, 2.05) is 18.0 Å². The van der Waals surface area contributed by atoms with Gasteiger partial charge in [0.25, 0.3) is 0 Å². The zero-order chi connectivity index (χ0) is 18.4. The molecular weight excluding hydrogens is 328 g/mol. The summed E-state index contributed by atoms with van der Waals surface area (Å²) in [5.41, 5.74) is 1.13. The second-order valence-electron chi connectivity index (χ2n) is 6.97. The quantitative estimate of drug-likeness (QED) is 0.614. The summed E-state index contributed by atoms with van der Waals surface area (Å²) in [7, 11) is 1.77. The fourth-order valence-corrected chi connectivity index (χ4v) is 3.56. The maximum Gasteiger partial charge on any atom is 0.222 e. The summed E-state index contributed by atoms with van der Waals surface area (Å²) in [6.45, 7) is 6.38. The molecule has 2 fully saturated rings. The molecule has 0 aliphatic carbocycles. The molecule has 7 heteroatoms. The highest BCUT2D eigenvalue weighted by molar-refractivity contribution is 5.80. The summed E-state index contributed by atoms with van der Waals surface area (Å²) >= 11 is 0. The van der Waals surface area contributed by atoms with Crippen LogP contribution in [0.4, 0.5) is 5.82 Å². The Balaban J connectivity index is 1.46. The van der Waals surface area contributed by atoms with Crippen LogP contribution < -0.4 is 15.5 Å². The van der Waals surface area contributed by atoms with Crippen LogP contribution in [-0.2, 0) is 11.3 Å². The Morgan fingerprint density at radius 2 is 2.12 bits per heavy atom. The third-order valence-electron chi connectivity index (χ3n) is 5.11. The van der Waals surface area contributed by atoms with Crippen molar-refractivity contribution in [3.8, 4) is 0 Å². The average Bonchev–Trinajstić information content (AvgIpc) is 3.37. The lowest BCUT2D eigenvalue weighted by molar-refractivity contribution is -0.129. The first-order chi connectivity index (χ1) is 12.7. The molecule has 1 atom stereocenters. The van der Waals surface area contributed by atoms with Gasteiger partial charge in [0.05, 0.1) is 0 Å².